The van der Waals surface area contributed by atoms with E-state index < -0.39 is 0 Å². The van der Waals surface area contributed by atoms with Crippen LogP contribution in [0.15, 0.2) is 17.1 Å². The summed E-state index contributed by atoms with van der Waals surface area (Å²) in [7, 11) is 0. The molecule has 1 aromatic rings. The van der Waals surface area contributed by atoms with Crippen molar-refractivity contribution in [3.05, 3.63) is 17.8 Å². The van der Waals surface area contributed by atoms with Gasteiger partial charge in [0.25, 0.3) is 0 Å². The Morgan fingerprint density at radius 3 is 2.63 bits per heavy atom. The molecule has 10 nitrogen and oxygen atoms in total. The van der Waals surface area contributed by atoms with E-state index in [-0.39, 0.29) is 0 Å². The van der Waals surface area contributed by atoms with Crippen LogP contribution in [0, 0.1) is 17.2 Å². The van der Waals surface area contributed by atoms with E-state index in [0.717, 1.165) is 37.7 Å². The fourth-order valence-electron chi connectivity index (χ4n) is 5.93. The number of piperidine rings is 1. The number of hydrogen-bond donors (Lipinski definition) is 4. The molecule has 5 atom stereocenters. The van der Waals surface area contributed by atoms with Crippen LogP contribution in [0.3, 0.4) is 0 Å². The number of nitrogens with one attached hydrogen (secondary N) is 4. The molecule has 5 rings (SSSR count). The van der Waals surface area contributed by atoms with Crippen molar-refractivity contribution in [3.63, 3.8) is 0 Å². The van der Waals surface area contributed by atoms with E-state index >= 15 is 0 Å². The normalized spacial score (nSPS) is 29.0. The number of nitrogens with zero attached hydrogens (tertiary/aromatic N) is 5. The highest BCUT2D eigenvalue weighted by molar-refractivity contribution is 6.09. The van der Waals surface area contributed by atoms with Crippen LogP contribution in [0.25, 0.3) is 0 Å². The van der Waals surface area contributed by atoms with Gasteiger partial charge in [-0.3, -0.25) is 9.89 Å². The van der Waals surface area contributed by atoms with Crippen molar-refractivity contribution in [1.82, 2.24) is 20.2 Å². The first-order chi connectivity index (χ1) is 18.5. The van der Waals surface area contributed by atoms with Gasteiger partial charge in [-0.05, 0) is 45.6 Å². The van der Waals surface area contributed by atoms with Crippen LogP contribution in [0.4, 0.5) is 17.5 Å². The minimum Gasteiger partial charge on any atom is -0.380 e. The van der Waals surface area contributed by atoms with Crippen LogP contribution >= 0.6 is 0 Å². The fourth-order valence-corrected chi connectivity index (χ4v) is 5.93. The highest BCUT2D eigenvalue weighted by atomic mass is 16.5. The van der Waals surface area contributed by atoms with Gasteiger partial charge in [-0.1, -0.05) is 19.4 Å². The molecule has 1 aliphatic carbocycles. The summed E-state index contributed by atoms with van der Waals surface area (Å²) in [6, 6.07) is 1.26. The van der Waals surface area contributed by atoms with Crippen LogP contribution in [-0.4, -0.2) is 97.0 Å². The van der Waals surface area contributed by atoms with E-state index in [1.807, 2.05) is 6.92 Å². The van der Waals surface area contributed by atoms with Crippen molar-refractivity contribution in [2.45, 2.75) is 65.1 Å². The monoisotopic (exact) mass is 523 g/mol. The zero-order valence-corrected chi connectivity index (χ0v) is 23.5. The first-order valence-electron chi connectivity index (χ1n) is 14.5. The molecule has 38 heavy (non-hydrogen) atoms. The summed E-state index contributed by atoms with van der Waals surface area (Å²) in [5, 5.41) is 19.7. The van der Waals surface area contributed by atoms with Crippen LogP contribution < -0.4 is 20.9 Å². The zero-order valence-electron chi connectivity index (χ0n) is 23.5. The first kappa shape index (κ1) is 27.0. The number of amidine groups is 1. The van der Waals surface area contributed by atoms with Crippen molar-refractivity contribution < 1.29 is 4.74 Å². The number of ether oxygens (including phenoxy) is 1. The van der Waals surface area contributed by atoms with Gasteiger partial charge in [-0.15, -0.1) is 0 Å². The number of dihydropyridines is 1. The highest BCUT2D eigenvalue weighted by Gasteiger charge is 2.46. The molecule has 5 unspecified atom stereocenters. The van der Waals surface area contributed by atoms with Gasteiger partial charge in [0.1, 0.15) is 17.2 Å². The second kappa shape index (κ2) is 12.1. The Kier molecular flexibility index (Phi) is 8.60. The Morgan fingerprint density at radius 1 is 1.16 bits per heavy atom. The molecule has 10 heteroatoms. The minimum atomic E-state index is 0.353. The molecule has 1 saturated carbocycles. The number of aliphatic imine (C=N–C) groups is 1. The zero-order chi connectivity index (χ0) is 26.6. The molecule has 0 radical (unpaired) electrons. The average Bonchev–Trinajstić information content (AvgIpc) is 3.57. The summed E-state index contributed by atoms with van der Waals surface area (Å²) >= 11 is 0. The first-order valence-corrected chi connectivity index (χ1v) is 14.5. The molecule has 0 bridgehead atoms. The van der Waals surface area contributed by atoms with Gasteiger partial charge >= 0.3 is 0 Å². The lowest BCUT2D eigenvalue weighted by atomic mass is 9.97. The molecule has 2 saturated heterocycles. The van der Waals surface area contributed by atoms with Crippen LogP contribution in [0.2, 0.25) is 0 Å². The Hall–Kier alpha value is -2.56. The van der Waals surface area contributed by atoms with Gasteiger partial charge in [-0.25, -0.2) is 4.98 Å². The van der Waals surface area contributed by atoms with Crippen molar-refractivity contribution in [2.24, 2.45) is 16.8 Å². The largest absolute Gasteiger partial charge is 0.380 e. The van der Waals surface area contributed by atoms with E-state index in [0.29, 0.717) is 79.4 Å². The van der Waals surface area contributed by atoms with E-state index in [2.05, 4.69) is 58.7 Å². The van der Waals surface area contributed by atoms with Gasteiger partial charge in [0.2, 0.25) is 5.95 Å². The van der Waals surface area contributed by atoms with Gasteiger partial charge in [0.05, 0.1) is 18.4 Å². The molecular formula is C28H45N9O. The van der Waals surface area contributed by atoms with Crippen LogP contribution in [-0.2, 0) is 4.74 Å². The SMILES string of the molecule is CCOCCNc1c(NC2=NC3C(C)C3C=C2)nc(N2CCNCC2)nc1C(=N)CN1C(C)CCCC1C. The molecular weight excluding hydrogens is 478 g/mol. The smallest absolute Gasteiger partial charge is 0.228 e. The summed E-state index contributed by atoms with van der Waals surface area (Å²) < 4.78 is 5.61. The lowest BCUT2D eigenvalue weighted by Crippen LogP contribution is -2.46. The van der Waals surface area contributed by atoms with E-state index in [1.165, 1.54) is 19.3 Å². The lowest BCUT2D eigenvalue weighted by molar-refractivity contribution is 0.124. The second-order valence-electron chi connectivity index (χ2n) is 11.2. The number of likely N-dealkylation sites (tertiary alicyclic amines) is 1. The minimum absolute atomic E-state index is 0.353. The molecule has 208 valence electrons. The Labute approximate surface area is 227 Å². The lowest BCUT2D eigenvalue weighted by Gasteiger charge is -2.39. The molecule has 4 heterocycles. The van der Waals surface area contributed by atoms with Gasteiger partial charge in [-0.2, -0.15) is 4.98 Å². The number of piperazine rings is 1. The Bertz CT molecular complexity index is 1040. The Balaban J connectivity index is 1.49. The maximum Gasteiger partial charge on any atom is 0.228 e. The number of aromatic nitrogens is 2. The molecule has 1 aromatic heterocycles. The average molecular weight is 524 g/mol. The number of anilines is 3. The standard InChI is InChI=1S/C28H45N9O/c1-5-38-16-13-31-26-25(22(29)17-37-18(2)7-6-8-19(37)3)34-28(36-14-11-30-12-15-36)35-27(26)33-23-10-9-21-20(4)24(21)32-23/h9-10,18-21,24,29-31H,5-8,11-17H2,1-4H3,(H,32,33,34,35). The summed E-state index contributed by atoms with van der Waals surface area (Å²) in [6.45, 7) is 14.7. The number of hydrogen-bond acceptors (Lipinski definition) is 10. The van der Waals surface area contributed by atoms with Crippen LogP contribution in [0.1, 0.15) is 52.7 Å². The predicted octanol–water partition coefficient (Wildman–Crippen LogP) is 2.98. The molecule has 3 aliphatic heterocycles. The third-order valence-electron chi connectivity index (χ3n) is 8.46. The molecule has 4 N–H and O–H groups in total. The van der Waals surface area contributed by atoms with Crippen molar-refractivity contribution >= 4 is 29.0 Å². The van der Waals surface area contributed by atoms with E-state index in [9.17, 15) is 5.41 Å². The summed E-state index contributed by atoms with van der Waals surface area (Å²) in [6.07, 6.45) is 7.93. The summed E-state index contributed by atoms with van der Waals surface area (Å²) in [5.41, 5.74) is 1.94. The third kappa shape index (κ3) is 6.02. The summed E-state index contributed by atoms with van der Waals surface area (Å²) in [5.74, 6) is 3.32. The van der Waals surface area contributed by atoms with Crippen molar-refractivity contribution in [1.29, 1.82) is 5.41 Å². The van der Waals surface area contributed by atoms with Crippen molar-refractivity contribution in [2.75, 3.05) is 68.0 Å². The van der Waals surface area contributed by atoms with E-state index in [1.54, 1.807) is 0 Å². The van der Waals surface area contributed by atoms with Gasteiger partial charge < -0.3 is 31.0 Å². The maximum absolute atomic E-state index is 9.29. The molecule has 3 fully saturated rings. The van der Waals surface area contributed by atoms with Gasteiger partial charge in [0.15, 0.2) is 5.82 Å². The predicted molar refractivity (Wildman–Crippen MR) is 155 cm³/mol. The van der Waals surface area contributed by atoms with Crippen LogP contribution in [0.5, 0.6) is 0 Å². The number of rotatable bonds is 10. The topological polar surface area (TPSA) is 114 Å². The van der Waals surface area contributed by atoms with Gasteiger partial charge in [0, 0.05) is 63.9 Å². The molecule has 4 aliphatic rings. The fraction of sp³-hybridized carbons (Fsp3) is 0.714. The molecule has 0 amide bonds. The van der Waals surface area contributed by atoms with E-state index in [4.69, 9.17) is 19.7 Å². The highest BCUT2D eigenvalue weighted by Crippen LogP contribution is 2.44. The molecule has 0 spiro atoms. The third-order valence-corrected chi connectivity index (χ3v) is 8.46. The Morgan fingerprint density at radius 2 is 1.92 bits per heavy atom. The van der Waals surface area contributed by atoms with Crippen molar-refractivity contribution in [3.8, 4) is 0 Å². The second-order valence-corrected chi connectivity index (χ2v) is 11.2. The number of fused-ring (bicyclic) bond motifs is 1. The molecule has 0 aromatic carbocycles. The quantitative estimate of drug-likeness (QED) is 0.273. The summed E-state index contributed by atoms with van der Waals surface area (Å²) in [4.78, 5) is 19.7. The maximum atomic E-state index is 9.29.